The second kappa shape index (κ2) is 5.78. The fourth-order valence-electron chi connectivity index (χ4n) is 1.22. The summed E-state index contributed by atoms with van der Waals surface area (Å²) in [6.07, 6.45) is -0.851. The molecule has 1 aromatic carbocycles. The molecule has 0 fully saturated rings. The lowest BCUT2D eigenvalue weighted by Crippen LogP contribution is -2.18. The first-order valence-corrected chi connectivity index (χ1v) is 4.83. The Labute approximate surface area is 97.7 Å². The van der Waals surface area contributed by atoms with Crippen LogP contribution in [0.1, 0.15) is 0 Å². The average molecular weight is 243 g/mol. The van der Waals surface area contributed by atoms with E-state index < -0.39 is 11.9 Å². The highest BCUT2D eigenvalue weighted by Gasteiger charge is 2.07. The highest BCUT2D eigenvalue weighted by molar-refractivity contribution is 5.68. The predicted octanol–water partition coefficient (Wildman–Crippen LogP) is 0.924. The van der Waals surface area contributed by atoms with E-state index in [1.165, 1.54) is 13.2 Å². The molecule has 0 saturated carbocycles. The molecule has 94 valence electrons. The molecule has 0 aromatic heterocycles. The Morgan fingerprint density at radius 2 is 2.24 bits per heavy atom. The van der Waals surface area contributed by atoms with Gasteiger partial charge in [0.2, 0.25) is 0 Å². The summed E-state index contributed by atoms with van der Waals surface area (Å²) in [6.45, 7) is 0.399. The summed E-state index contributed by atoms with van der Waals surface area (Å²) >= 11 is 0. The third-order valence-electron chi connectivity index (χ3n) is 1.99. The van der Waals surface area contributed by atoms with Gasteiger partial charge in [0, 0.05) is 18.7 Å². The first-order chi connectivity index (χ1) is 8.04. The smallest absolute Gasteiger partial charge is 0.404 e. The topological polar surface area (TPSA) is 99.6 Å². The summed E-state index contributed by atoms with van der Waals surface area (Å²) in [5, 5.41) is 2.87. The van der Waals surface area contributed by atoms with Crippen LogP contribution in [0.2, 0.25) is 0 Å². The van der Waals surface area contributed by atoms with E-state index in [1.807, 2.05) is 0 Å². The summed E-state index contributed by atoms with van der Waals surface area (Å²) in [5.41, 5.74) is 11.1. The fourth-order valence-corrected chi connectivity index (χ4v) is 1.22. The van der Waals surface area contributed by atoms with E-state index in [1.54, 1.807) is 0 Å². The van der Waals surface area contributed by atoms with E-state index in [0.29, 0.717) is 12.2 Å². The molecule has 0 bridgehead atoms. The number of methoxy groups -OCH3 is 1. The highest BCUT2D eigenvalue weighted by Crippen LogP contribution is 2.27. The highest BCUT2D eigenvalue weighted by atomic mass is 19.1. The standard InChI is InChI=1S/C10H14FN3O3/c1-16-9-5-8(7(12)4-6(9)11)14-2-3-17-10(13)15/h4-5,14H,2-3,12H2,1H3,(H2,13,15). The molecule has 0 radical (unpaired) electrons. The van der Waals surface area contributed by atoms with Gasteiger partial charge in [-0.3, -0.25) is 0 Å². The zero-order valence-electron chi connectivity index (χ0n) is 9.33. The third-order valence-corrected chi connectivity index (χ3v) is 1.99. The lowest BCUT2D eigenvalue weighted by atomic mass is 10.2. The number of nitrogens with one attached hydrogen (secondary N) is 1. The van der Waals surface area contributed by atoms with Gasteiger partial charge in [-0.15, -0.1) is 0 Å². The number of nitrogen functional groups attached to an aromatic ring is 1. The van der Waals surface area contributed by atoms with Gasteiger partial charge in [0.1, 0.15) is 6.61 Å². The minimum atomic E-state index is -0.851. The largest absolute Gasteiger partial charge is 0.494 e. The van der Waals surface area contributed by atoms with Gasteiger partial charge in [0.05, 0.1) is 18.5 Å². The zero-order valence-corrected chi connectivity index (χ0v) is 9.33. The summed E-state index contributed by atoms with van der Waals surface area (Å²) in [5.74, 6) is -0.457. The normalized spacial score (nSPS) is 9.76. The first-order valence-electron chi connectivity index (χ1n) is 4.83. The molecule has 0 aliphatic carbocycles. The Kier molecular flexibility index (Phi) is 4.38. The van der Waals surface area contributed by atoms with E-state index in [4.69, 9.17) is 16.2 Å². The molecule has 1 amide bonds. The van der Waals surface area contributed by atoms with Crippen molar-refractivity contribution in [3.8, 4) is 5.75 Å². The molecule has 0 unspecified atom stereocenters. The van der Waals surface area contributed by atoms with Crippen molar-refractivity contribution in [3.05, 3.63) is 17.9 Å². The van der Waals surface area contributed by atoms with Gasteiger partial charge in [0.15, 0.2) is 11.6 Å². The van der Waals surface area contributed by atoms with Crippen molar-refractivity contribution in [2.24, 2.45) is 5.73 Å². The summed E-state index contributed by atoms with van der Waals surface area (Å²) < 4.78 is 22.5. The van der Waals surface area contributed by atoms with Crippen LogP contribution in [0.4, 0.5) is 20.6 Å². The number of hydrogen-bond donors (Lipinski definition) is 3. The molecule has 0 heterocycles. The minimum absolute atomic E-state index is 0.0810. The van der Waals surface area contributed by atoms with Gasteiger partial charge in [-0.25, -0.2) is 9.18 Å². The Balaban J connectivity index is 2.61. The maximum Gasteiger partial charge on any atom is 0.404 e. The molecule has 0 atom stereocenters. The van der Waals surface area contributed by atoms with Crippen LogP contribution in [-0.2, 0) is 4.74 Å². The van der Waals surface area contributed by atoms with Crippen molar-refractivity contribution in [2.45, 2.75) is 0 Å². The molecule has 17 heavy (non-hydrogen) atoms. The summed E-state index contributed by atoms with van der Waals surface area (Å²) in [6, 6.07) is 2.57. The van der Waals surface area contributed by atoms with Crippen molar-refractivity contribution in [1.29, 1.82) is 0 Å². The van der Waals surface area contributed by atoms with Gasteiger partial charge < -0.3 is 26.3 Å². The van der Waals surface area contributed by atoms with Crippen LogP contribution in [0.3, 0.4) is 0 Å². The minimum Gasteiger partial charge on any atom is -0.494 e. The van der Waals surface area contributed by atoms with Gasteiger partial charge in [-0.1, -0.05) is 0 Å². The second-order valence-electron chi connectivity index (χ2n) is 3.17. The summed E-state index contributed by atoms with van der Waals surface area (Å²) in [7, 11) is 1.36. The number of halogens is 1. The van der Waals surface area contributed by atoms with Gasteiger partial charge in [-0.2, -0.15) is 0 Å². The van der Waals surface area contributed by atoms with E-state index >= 15 is 0 Å². The molecule has 0 saturated heterocycles. The lowest BCUT2D eigenvalue weighted by Gasteiger charge is -2.11. The van der Waals surface area contributed by atoms with Gasteiger partial charge >= 0.3 is 6.09 Å². The van der Waals surface area contributed by atoms with Crippen molar-refractivity contribution in [1.82, 2.24) is 0 Å². The summed E-state index contributed by atoms with van der Waals surface area (Å²) in [4.78, 5) is 10.3. The van der Waals surface area contributed by atoms with E-state index in [0.717, 1.165) is 6.07 Å². The van der Waals surface area contributed by atoms with Crippen LogP contribution >= 0.6 is 0 Å². The zero-order chi connectivity index (χ0) is 12.8. The van der Waals surface area contributed by atoms with E-state index in [-0.39, 0.29) is 18.0 Å². The van der Waals surface area contributed by atoms with E-state index in [9.17, 15) is 9.18 Å². The molecule has 6 nitrogen and oxygen atoms in total. The van der Waals surface area contributed by atoms with Crippen molar-refractivity contribution < 1.29 is 18.7 Å². The molecular formula is C10H14FN3O3. The van der Waals surface area contributed by atoms with Crippen LogP contribution in [0.15, 0.2) is 12.1 Å². The maximum atomic E-state index is 13.2. The number of nitrogens with two attached hydrogens (primary N) is 2. The van der Waals surface area contributed by atoms with Gasteiger partial charge in [-0.05, 0) is 0 Å². The molecule has 7 heteroatoms. The number of primary amides is 1. The van der Waals surface area contributed by atoms with Gasteiger partial charge in [0.25, 0.3) is 0 Å². The average Bonchev–Trinajstić information content (AvgIpc) is 2.26. The van der Waals surface area contributed by atoms with Crippen molar-refractivity contribution >= 4 is 17.5 Å². The number of rotatable bonds is 5. The molecule has 0 aliphatic rings. The third kappa shape index (κ3) is 3.71. The lowest BCUT2D eigenvalue weighted by molar-refractivity contribution is 0.161. The number of benzene rings is 1. The molecule has 0 spiro atoms. The number of amides is 1. The fraction of sp³-hybridized carbons (Fsp3) is 0.300. The Bertz CT molecular complexity index is 412. The van der Waals surface area contributed by atoms with Crippen LogP contribution in [0.5, 0.6) is 5.75 Å². The monoisotopic (exact) mass is 243 g/mol. The number of carbonyl (C=O) groups is 1. The van der Waals surface area contributed by atoms with E-state index in [2.05, 4.69) is 10.1 Å². The number of ether oxygens (including phenoxy) is 2. The molecule has 0 aliphatic heterocycles. The molecule has 1 aromatic rings. The van der Waals surface area contributed by atoms with Crippen molar-refractivity contribution in [2.75, 3.05) is 31.3 Å². The van der Waals surface area contributed by atoms with Crippen LogP contribution in [0.25, 0.3) is 0 Å². The number of carbonyl (C=O) groups excluding carboxylic acids is 1. The van der Waals surface area contributed by atoms with Crippen LogP contribution < -0.4 is 21.5 Å². The number of anilines is 2. The first kappa shape index (κ1) is 12.9. The SMILES string of the molecule is COc1cc(NCCOC(N)=O)c(N)cc1F. The molecule has 5 N–H and O–H groups in total. The van der Waals surface area contributed by atoms with Crippen LogP contribution in [-0.4, -0.2) is 26.4 Å². The second-order valence-corrected chi connectivity index (χ2v) is 3.17. The maximum absolute atomic E-state index is 13.2. The predicted molar refractivity (Wildman–Crippen MR) is 61.4 cm³/mol. The van der Waals surface area contributed by atoms with Crippen molar-refractivity contribution in [3.63, 3.8) is 0 Å². The Morgan fingerprint density at radius 3 is 2.82 bits per heavy atom. The molecular weight excluding hydrogens is 229 g/mol. The Hall–Kier alpha value is -2.18. The Morgan fingerprint density at radius 1 is 1.53 bits per heavy atom. The molecule has 1 rings (SSSR count). The number of hydrogen-bond acceptors (Lipinski definition) is 5. The quantitative estimate of drug-likeness (QED) is 0.527. The van der Waals surface area contributed by atoms with Crippen LogP contribution in [0, 0.1) is 5.82 Å².